The molecule has 1 aromatic heterocycles. The van der Waals surface area contributed by atoms with Crippen LogP contribution in [0.1, 0.15) is 15.9 Å². The van der Waals surface area contributed by atoms with Crippen molar-refractivity contribution in [3.05, 3.63) is 130 Å². The lowest BCUT2D eigenvalue weighted by Crippen LogP contribution is -2.30. The molecule has 3 amide bonds. The third-order valence-electron chi connectivity index (χ3n) is 5.41. The van der Waals surface area contributed by atoms with E-state index in [1.54, 1.807) is 85.2 Å². The van der Waals surface area contributed by atoms with E-state index in [4.69, 9.17) is 0 Å². The zero-order valence-electron chi connectivity index (χ0n) is 20.9. The molecular formula is C29H23N5O5S. The van der Waals surface area contributed by atoms with Gasteiger partial charge in [-0.2, -0.15) is 0 Å². The topological polar surface area (TPSA) is 143 Å². The Hall–Kier alpha value is -5.29. The standard InChI is InChI=1S/C29H23N5O5S/c35-27(31-23-14-16-30-17-15-23)19-40-24-12-10-22(11-13-24)32-29(37)25(33-28(36)20-6-2-1-3-7-20)18-21-8-4-5-9-26(21)34(38)39/h1-18H,19H2,(H,32,37)(H,33,36)(H,30,31,35)/b25-18-. The number of hydrogen-bond donors (Lipinski definition) is 3. The van der Waals surface area contributed by atoms with Crippen LogP contribution < -0.4 is 16.0 Å². The van der Waals surface area contributed by atoms with E-state index in [9.17, 15) is 24.5 Å². The molecule has 4 rings (SSSR count). The molecule has 3 aromatic carbocycles. The summed E-state index contributed by atoms with van der Waals surface area (Å²) in [6, 6.07) is 24.4. The Kier molecular flexibility index (Phi) is 9.35. The first-order valence-corrected chi connectivity index (χ1v) is 12.9. The lowest BCUT2D eigenvalue weighted by molar-refractivity contribution is -0.385. The molecule has 0 fully saturated rings. The minimum atomic E-state index is -0.667. The fourth-order valence-corrected chi connectivity index (χ4v) is 4.19. The largest absolute Gasteiger partial charge is 0.325 e. The molecule has 11 heteroatoms. The Balaban J connectivity index is 1.46. The molecule has 0 saturated carbocycles. The number of nitro benzene ring substituents is 1. The highest BCUT2D eigenvalue weighted by molar-refractivity contribution is 8.00. The normalized spacial score (nSPS) is 10.8. The average Bonchev–Trinajstić information content (AvgIpc) is 2.97. The number of carbonyl (C=O) groups excluding carboxylic acids is 3. The summed E-state index contributed by atoms with van der Waals surface area (Å²) in [5, 5.41) is 19.5. The predicted molar refractivity (Wildman–Crippen MR) is 154 cm³/mol. The number of rotatable bonds is 10. The molecule has 4 aromatic rings. The number of amides is 3. The van der Waals surface area contributed by atoms with E-state index in [0.717, 1.165) is 4.90 Å². The molecule has 0 atom stereocenters. The van der Waals surface area contributed by atoms with Gasteiger partial charge in [-0.15, -0.1) is 11.8 Å². The number of nitro groups is 1. The molecule has 0 spiro atoms. The Morgan fingerprint density at radius 1 is 0.825 bits per heavy atom. The van der Waals surface area contributed by atoms with Crippen molar-refractivity contribution in [2.75, 3.05) is 16.4 Å². The van der Waals surface area contributed by atoms with Gasteiger partial charge in [-0.3, -0.25) is 29.5 Å². The first-order valence-electron chi connectivity index (χ1n) is 11.9. The van der Waals surface area contributed by atoms with E-state index >= 15 is 0 Å². The number of para-hydroxylation sites is 1. The molecule has 0 radical (unpaired) electrons. The molecule has 0 saturated heterocycles. The van der Waals surface area contributed by atoms with E-state index in [2.05, 4.69) is 20.9 Å². The van der Waals surface area contributed by atoms with Crippen LogP contribution in [-0.4, -0.2) is 33.4 Å². The smallest absolute Gasteiger partial charge is 0.276 e. The van der Waals surface area contributed by atoms with Gasteiger partial charge < -0.3 is 16.0 Å². The van der Waals surface area contributed by atoms with E-state index in [-0.39, 0.29) is 28.6 Å². The maximum atomic E-state index is 13.2. The summed E-state index contributed by atoms with van der Waals surface area (Å²) < 4.78 is 0. The molecule has 0 bridgehead atoms. The van der Waals surface area contributed by atoms with Gasteiger partial charge in [0, 0.05) is 40.3 Å². The number of benzene rings is 3. The van der Waals surface area contributed by atoms with Crippen LogP contribution in [0.15, 0.2) is 114 Å². The first-order chi connectivity index (χ1) is 19.4. The SMILES string of the molecule is O=C(CSc1ccc(NC(=O)/C(=C/c2ccccc2[N+](=O)[O-])NC(=O)c2ccccc2)cc1)Nc1ccncc1. The van der Waals surface area contributed by atoms with Crippen LogP contribution in [0.4, 0.5) is 17.1 Å². The van der Waals surface area contributed by atoms with Gasteiger partial charge >= 0.3 is 0 Å². The number of aromatic nitrogens is 1. The quantitative estimate of drug-likeness (QED) is 0.107. The second-order valence-electron chi connectivity index (χ2n) is 8.25. The maximum absolute atomic E-state index is 13.2. The van der Waals surface area contributed by atoms with Gasteiger partial charge in [-0.05, 0) is 60.7 Å². The number of pyridine rings is 1. The summed E-state index contributed by atoms with van der Waals surface area (Å²) in [4.78, 5) is 53.8. The number of nitrogens with one attached hydrogen (secondary N) is 3. The molecule has 10 nitrogen and oxygen atoms in total. The molecule has 1 heterocycles. The van der Waals surface area contributed by atoms with Crippen molar-refractivity contribution in [2.45, 2.75) is 4.90 Å². The summed E-state index contributed by atoms with van der Waals surface area (Å²) in [5.41, 5.74) is 1.17. The zero-order valence-corrected chi connectivity index (χ0v) is 21.8. The molecule has 0 aliphatic rings. The van der Waals surface area contributed by atoms with Crippen molar-refractivity contribution in [1.29, 1.82) is 0 Å². The summed E-state index contributed by atoms with van der Waals surface area (Å²) in [7, 11) is 0. The first kappa shape index (κ1) is 27.7. The number of nitrogens with zero attached hydrogens (tertiary/aromatic N) is 2. The highest BCUT2D eigenvalue weighted by Crippen LogP contribution is 2.23. The molecule has 0 unspecified atom stereocenters. The summed E-state index contributed by atoms with van der Waals surface area (Å²) in [6.07, 6.45) is 4.44. The predicted octanol–water partition coefficient (Wildman–Crippen LogP) is 5.13. The molecule has 0 aliphatic carbocycles. The van der Waals surface area contributed by atoms with Crippen molar-refractivity contribution in [1.82, 2.24) is 10.3 Å². The molecule has 0 aliphatic heterocycles. The highest BCUT2D eigenvalue weighted by Gasteiger charge is 2.18. The van der Waals surface area contributed by atoms with Gasteiger partial charge in [0.1, 0.15) is 5.70 Å². The lowest BCUT2D eigenvalue weighted by atomic mass is 10.1. The van der Waals surface area contributed by atoms with Crippen LogP contribution in [0.2, 0.25) is 0 Å². The third kappa shape index (κ3) is 7.85. The maximum Gasteiger partial charge on any atom is 0.276 e. The van der Waals surface area contributed by atoms with Gasteiger partial charge in [0.2, 0.25) is 5.91 Å². The van der Waals surface area contributed by atoms with Gasteiger partial charge in [0.25, 0.3) is 17.5 Å². The summed E-state index contributed by atoms with van der Waals surface area (Å²) in [5.74, 6) is -1.20. The highest BCUT2D eigenvalue weighted by atomic mass is 32.2. The second-order valence-corrected chi connectivity index (χ2v) is 9.29. The Morgan fingerprint density at radius 2 is 1.48 bits per heavy atom. The summed E-state index contributed by atoms with van der Waals surface area (Å²) >= 11 is 1.32. The average molecular weight is 554 g/mol. The Labute approximate surface area is 233 Å². The van der Waals surface area contributed by atoms with E-state index < -0.39 is 16.7 Å². The van der Waals surface area contributed by atoms with Gasteiger partial charge in [-0.1, -0.05) is 30.3 Å². The number of carbonyl (C=O) groups is 3. The van der Waals surface area contributed by atoms with Crippen LogP contribution in [0.25, 0.3) is 6.08 Å². The Bertz CT molecular complexity index is 1540. The van der Waals surface area contributed by atoms with E-state index in [1.807, 2.05) is 0 Å². The lowest BCUT2D eigenvalue weighted by Gasteiger charge is -2.12. The van der Waals surface area contributed by atoms with Gasteiger partial charge in [0.15, 0.2) is 0 Å². The molecular weight excluding hydrogens is 530 g/mol. The van der Waals surface area contributed by atoms with Crippen molar-refractivity contribution >= 4 is 52.6 Å². The fourth-order valence-electron chi connectivity index (χ4n) is 3.49. The van der Waals surface area contributed by atoms with Crippen LogP contribution >= 0.6 is 11.8 Å². The van der Waals surface area contributed by atoms with Crippen LogP contribution in [0.3, 0.4) is 0 Å². The monoisotopic (exact) mass is 553 g/mol. The minimum absolute atomic E-state index is 0.155. The molecule has 200 valence electrons. The number of anilines is 2. The van der Waals surface area contributed by atoms with Crippen molar-refractivity contribution in [3.63, 3.8) is 0 Å². The van der Waals surface area contributed by atoms with Crippen LogP contribution in [-0.2, 0) is 9.59 Å². The molecule has 3 N–H and O–H groups in total. The van der Waals surface area contributed by atoms with Gasteiger partial charge in [-0.25, -0.2) is 0 Å². The van der Waals surface area contributed by atoms with Crippen molar-refractivity contribution in [3.8, 4) is 0 Å². The van der Waals surface area contributed by atoms with Crippen molar-refractivity contribution < 1.29 is 19.3 Å². The second kappa shape index (κ2) is 13.5. The number of hydrogen-bond acceptors (Lipinski definition) is 7. The van der Waals surface area contributed by atoms with E-state index in [1.165, 1.54) is 36.0 Å². The van der Waals surface area contributed by atoms with Gasteiger partial charge in [0.05, 0.1) is 16.2 Å². The zero-order chi connectivity index (χ0) is 28.3. The van der Waals surface area contributed by atoms with Crippen LogP contribution in [0, 0.1) is 10.1 Å². The number of thioether (sulfide) groups is 1. The van der Waals surface area contributed by atoms with Crippen LogP contribution in [0.5, 0.6) is 0 Å². The van der Waals surface area contributed by atoms with Crippen molar-refractivity contribution in [2.24, 2.45) is 0 Å². The fraction of sp³-hybridized carbons (Fsp3) is 0.0345. The minimum Gasteiger partial charge on any atom is -0.325 e. The van der Waals surface area contributed by atoms with E-state index in [0.29, 0.717) is 16.9 Å². The third-order valence-corrected chi connectivity index (χ3v) is 6.42. The molecule has 40 heavy (non-hydrogen) atoms. The Morgan fingerprint density at radius 3 is 2.17 bits per heavy atom. The summed E-state index contributed by atoms with van der Waals surface area (Å²) in [6.45, 7) is 0.